The van der Waals surface area contributed by atoms with Crippen molar-refractivity contribution in [2.75, 3.05) is 0 Å². The third-order valence-electron chi connectivity index (χ3n) is 6.01. The van der Waals surface area contributed by atoms with Crippen molar-refractivity contribution in [1.82, 2.24) is 9.66 Å². The number of para-hydroxylation sites is 2. The van der Waals surface area contributed by atoms with Crippen LogP contribution in [0.2, 0.25) is 5.02 Å². The summed E-state index contributed by atoms with van der Waals surface area (Å²) >= 11 is 10.00. The molecule has 0 saturated carbocycles. The summed E-state index contributed by atoms with van der Waals surface area (Å²) in [6.07, 6.45) is 1.51. The lowest BCUT2D eigenvalue weighted by Gasteiger charge is -2.11. The molecule has 6 nitrogen and oxygen atoms in total. The third kappa shape index (κ3) is 5.08. The van der Waals surface area contributed by atoms with Crippen LogP contribution in [-0.2, 0) is 6.61 Å². The lowest BCUT2D eigenvalue weighted by molar-refractivity contribution is 0.304. The van der Waals surface area contributed by atoms with E-state index < -0.39 is 0 Å². The summed E-state index contributed by atoms with van der Waals surface area (Å²) in [5.41, 5.74) is 2.16. The summed E-state index contributed by atoms with van der Waals surface area (Å²) in [4.78, 5) is 18.2. The summed E-state index contributed by atoms with van der Waals surface area (Å²) in [6, 6.07) is 26.0. The first-order valence-electron chi connectivity index (χ1n) is 11.9. The topological polar surface area (TPSA) is 69.6 Å². The quantitative estimate of drug-likeness (QED) is 0.182. The van der Waals surface area contributed by atoms with Crippen molar-refractivity contribution >= 4 is 55.6 Å². The standard InChI is InChI=1S/C30H18BrClFN3O3/c31-23-13-19(14-24(32)28(23)38-17-18-6-5-8-21(33)12-18)16-34-36-29(27-15-20-7-1-4-11-26(20)39-27)35-25-10-3-2-9-22(25)30(36)37/h1-16H,17H2. The zero-order chi connectivity index (χ0) is 26.9. The van der Waals surface area contributed by atoms with E-state index in [-0.39, 0.29) is 23.8 Å². The van der Waals surface area contributed by atoms with E-state index in [1.54, 1.807) is 42.5 Å². The molecule has 0 aliphatic carbocycles. The van der Waals surface area contributed by atoms with Crippen LogP contribution in [0.5, 0.6) is 5.75 Å². The van der Waals surface area contributed by atoms with Gasteiger partial charge in [-0.15, -0.1) is 0 Å². The van der Waals surface area contributed by atoms with Gasteiger partial charge in [-0.25, -0.2) is 9.37 Å². The van der Waals surface area contributed by atoms with E-state index >= 15 is 0 Å². The molecule has 0 saturated heterocycles. The summed E-state index contributed by atoms with van der Waals surface area (Å²) in [5.74, 6) is 0.752. The van der Waals surface area contributed by atoms with Crippen molar-refractivity contribution in [3.05, 3.63) is 128 Å². The molecule has 9 heteroatoms. The second-order valence-corrected chi connectivity index (χ2v) is 9.96. The molecule has 0 aliphatic rings. The number of hydrogen-bond acceptors (Lipinski definition) is 5. The van der Waals surface area contributed by atoms with E-state index in [2.05, 4.69) is 21.0 Å². The van der Waals surface area contributed by atoms with E-state index in [9.17, 15) is 9.18 Å². The average Bonchev–Trinajstić information content (AvgIpc) is 3.36. The molecule has 0 N–H and O–H groups in total. The molecule has 0 fully saturated rings. The molecule has 2 aromatic heterocycles. The number of furan rings is 1. The molecule has 6 rings (SSSR count). The van der Waals surface area contributed by atoms with Gasteiger partial charge in [0.2, 0.25) is 5.82 Å². The molecule has 0 atom stereocenters. The molecule has 0 bridgehead atoms. The largest absolute Gasteiger partial charge is 0.486 e. The van der Waals surface area contributed by atoms with Gasteiger partial charge in [0.05, 0.1) is 26.6 Å². The number of aromatic nitrogens is 2. The lowest BCUT2D eigenvalue weighted by Crippen LogP contribution is -2.20. The van der Waals surface area contributed by atoms with Crippen LogP contribution in [0.15, 0.2) is 110 Å². The third-order valence-corrected chi connectivity index (χ3v) is 6.88. The van der Waals surface area contributed by atoms with Crippen LogP contribution in [0.1, 0.15) is 11.1 Å². The minimum absolute atomic E-state index is 0.141. The number of hydrogen-bond donors (Lipinski definition) is 0. The maximum Gasteiger partial charge on any atom is 0.282 e. The van der Waals surface area contributed by atoms with E-state index in [1.165, 1.54) is 23.0 Å². The highest BCUT2D eigenvalue weighted by Crippen LogP contribution is 2.35. The normalized spacial score (nSPS) is 11.6. The van der Waals surface area contributed by atoms with Crippen LogP contribution in [0.4, 0.5) is 4.39 Å². The van der Waals surface area contributed by atoms with Gasteiger partial charge in [-0.2, -0.15) is 9.78 Å². The number of rotatable bonds is 6. The molecule has 0 spiro atoms. The Bertz CT molecular complexity index is 1890. The Balaban J connectivity index is 1.37. The van der Waals surface area contributed by atoms with Gasteiger partial charge in [-0.1, -0.05) is 54.1 Å². The van der Waals surface area contributed by atoms with Gasteiger partial charge < -0.3 is 9.15 Å². The van der Waals surface area contributed by atoms with E-state index in [1.807, 2.05) is 36.4 Å². The second-order valence-electron chi connectivity index (χ2n) is 8.69. The lowest BCUT2D eigenvalue weighted by atomic mass is 10.2. The minimum Gasteiger partial charge on any atom is -0.486 e. The van der Waals surface area contributed by atoms with Crippen LogP contribution < -0.4 is 10.3 Å². The summed E-state index contributed by atoms with van der Waals surface area (Å²) in [7, 11) is 0. The van der Waals surface area contributed by atoms with Gasteiger partial charge in [-0.05, 0) is 75.6 Å². The van der Waals surface area contributed by atoms with Gasteiger partial charge in [0.15, 0.2) is 11.5 Å². The molecular weight excluding hydrogens is 585 g/mol. The molecule has 0 aliphatic heterocycles. The van der Waals surface area contributed by atoms with Crippen LogP contribution in [-0.4, -0.2) is 15.9 Å². The van der Waals surface area contributed by atoms with Crippen molar-refractivity contribution < 1.29 is 13.5 Å². The van der Waals surface area contributed by atoms with Gasteiger partial charge in [-0.3, -0.25) is 4.79 Å². The Morgan fingerprint density at radius 3 is 2.67 bits per heavy atom. The molecule has 0 unspecified atom stereocenters. The molecule has 39 heavy (non-hydrogen) atoms. The summed E-state index contributed by atoms with van der Waals surface area (Å²) in [5, 5.41) is 6.12. The van der Waals surface area contributed by atoms with E-state index in [0.717, 1.165) is 5.39 Å². The average molecular weight is 603 g/mol. The Hall–Kier alpha value is -4.27. The monoisotopic (exact) mass is 601 g/mol. The number of halogens is 3. The predicted molar refractivity (Wildman–Crippen MR) is 154 cm³/mol. The highest BCUT2D eigenvalue weighted by Gasteiger charge is 2.17. The molecule has 6 aromatic rings. The summed E-state index contributed by atoms with van der Waals surface area (Å²) in [6.45, 7) is 0.141. The minimum atomic E-state index is -0.340. The van der Waals surface area contributed by atoms with Crippen LogP contribution >= 0.6 is 27.5 Å². The first-order chi connectivity index (χ1) is 19.0. The number of ether oxygens (including phenoxy) is 1. The first-order valence-corrected chi connectivity index (χ1v) is 13.0. The number of fused-ring (bicyclic) bond motifs is 2. The first kappa shape index (κ1) is 25.0. The zero-order valence-corrected chi connectivity index (χ0v) is 22.5. The number of benzene rings is 4. The molecule has 192 valence electrons. The fourth-order valence-corrected chi connectivity index (χ4v) is 5.17. The fraction of sp³-hybridized carbons (Fsp3) is 0.0333. The van der Waals surface area contributed by atoms with Crippen molar-refractivity contribution in [2.24, 2.45) is 5.10 Å². The maximum atomic E-state index is 13.5. The van der Waals surface area contributed by atoms with Crippen molar-refractivity contribution in [2.45, 2.75) is 6.61 Å². The van der Waals surface area contributed by atoms with Gasteiger partial charge in [0, 0.05) is 5.39 Å². The Labute approximate surface area is 235 Å². The Morgan fingerprint density at radius 2 is 1.85 bits per heavy atom. The second kappa shape index (κ2) is 10.5. The van der Waals surface area contributed by atoms with Gasteiger partial charge in [0.1, 0.15) is 18.0 Å². The van der Waals surface area contributed by atoms with Gasteiger partial charge >= 0.3 is 0 Å². The molecule has 0 amide bonds. The van der Waals surface area contributed by atoms with Crippen molar-refractivity contribution in [3.8, 4) is 17.3 Å². The van der Waals surface area contributed by atoms with Crippen molar-refractivity contribution in [1.29, 1.82) is 0 Å². The fourth-order valence-electron chi connectivity index (χ4n) is 4.18. The maximum absolute atomic E-state index is 13.5. The van der Waals surface area contributed by atoms with Crippen LogP contribution in [0.25, 0.3) is 33.5 Å². The van der Waals surface area contributed by atoms with Crippen LogP contribution in [0.3, 0.4) is 0 Å². The van der Waals surface area contributed by atoms with Crippen LogP contribution in [0, 0.1) is 5.82 Å². The molecule has 0 radical (unpaired) electrons. The smallest absolute Gasteiger partial charge is 0.282 e. The number of nitrogens with zero attached hydrogens (tertiary/aromatic N) is 3. The Morgan fingerprint density at radius 1 is 1.03 bits per heavy atom. The molecule has 2 heterocycles. The van der Waals surface area contributed by atoms with E-state index in [4.69, 9.17) is 25.7 Å². The van der Waals surface area contributed by atoms with Crippen molar-refractivity contribution in [3.63, 3.8) is 0 Å². The highest BCUT2D eigenvalue weighted by molar-refractivity contribution is 9.10. The summed E-state index contributed by atoms with van der Waals surface area (Å²) < 4.78 is 27.1. The highest BCUT2D eigenvalue weighted by atomic mass is 79.9. The molecule has 4 aromatic carbocycles. The van der Waals surface area contributed by atoms with E-state index in [0.29, 0.717) is 48.6 Å². The Kier molecular flexibility index (Phi) is 6.72. The van der Waals surface area contributed by atoms with Gasteiger partial charge in [0.25, 0.3) is 5.56 Å². The zero-order valence-electron chi connectivity index (χ0n) is 20.1. The molecular formula is C30H18BrClFN3O3. The predicted octanol–water partition coefficient (Wildman–Crippen LogP) is 7.83. The SMILES string of the molecule is O=c1c2ccccc2nc(-c2cc3ccccc3o2)n1N=Cc1cc(Cl)c(OCc2cccc(F)c2)c(Br)c1.